The molecule has 0 unspecified atom stereocenters. The van der Waals surface area contributed by atoms with Gasteiger partial charge in [-0.25, -0.2) is 0 Å². The van der Waals surface area contributed by atoms with Crippen LogP contribution < -0.4 is 0 Å². The van der Waals surface area contributed by atoms with Crippen LogP contribution in [0.5, 0.6) is 0 Å². The first-order chi connectivity index (χ1) is 7.70. The molecule has 2 heterocycles. The summed E-state index contributed by atoms with van der Waals surface area (Å²) in [5, 5.41) is 11.5. The molecule has 1 N–H and O–H groups in total. The number of carbonyl (C=O) groups is 1. The van der Waals surface area contributed by atoms with E-state index in [9.17, 15) is 9.90 Å². The van der Waals surface area contributed by atoms with Crippen molar-refractivity contribution in [1.29, 1.82) is 0 Å². The van der Waals surface area contributed by atoms with Gasteiger partial charge in [-0.3, -0.25) is 4.79 Å². The fourth-order valence-electron chi connectivity index (χ4n) is 2.29. The Morgan fingerprint density at radius 3 is 2.81 bits per heavy atom. The number of rotatable bonds is 3. The number of hydrogen-bond acceptors (Lipinski definition) is 3. The highest BCUT2D eigenvalue weighted by Gasteiger charge is 2.43. The van der Waals surface area contributed by atoms with Gasteiger partial charge in [-0.2, -0.15) is 0 Å². The molecule has 0 radical (unpaired) electrons. The Morgan fingerprint density at radius 2 is 2.25 bits per heavy atom. The zero-order valence-electron chi connectivity index (χ0n) is 9.36. The van der Waals surface area contributed by atoms with Crippen molar-refractivity contribution >= 4 is 17.3 Å². The van der Waals surface area contributed by atoms with E-state index in [-0.39, 0.29) is 0 Å². The Morgan fingerprint density at radius 1 is 1.56 bits per heavy atom. The highest BCUT2D eigenvalue weighted by molar-refractivity contribution is 7.10. The lowest BCUT2D eigenvalue weighted by Gasteiger charge is -2.33. The molecule has 1 aromatic rings. The highest BCUT2D eigenvalue weighted by atomic mass is 32.1. The summed E-state index contributed by atoms with van der Waals surface area (Å²) < 4.78 is 5.29. The van der Waals surface area contributed by atoms with Gasteiger partial charge in [0.25, 0.3) is 0 Å². The molecule has 0 bridgehead atoms. The van der Waals surface area contributed by atoms with Gasteiger partial charge in [0.1, 0.15) is 5.41 Å². The van der Waals surface area contributed by atoms with Crippen molar-refractivity contribution in [2.24, 2.45) is 0 Å². The van der Waals surface area contributed by atoms with E-state index < -0.39 is 11.4 Å². The van der Waals surface area contributed by atoms with Crippen LogP contribution in [-0.4, -0.2) is 24.3 Å². The number of hydrogen-bond donors (Lipinski definition) is 1. The maximum Gasteiger partial charge on any atom is 0.315 e. The molecule has 3 nitrogen and oxygen atoms in total. The quantitative estimate of drug-likeness (QED) is 0.882. The number of carboxylic acids is 1. The molecule has 0 amide bonds. The minimum Gasteiger partial charge on any atom is -0.481 e. The van der Waals surface area contributed by atoms with E-state index >= 15 is 0 Å². The third-order valence-corrected chi connectivity index (χ3v) is 4.48. The molecule has 16 heavy (non-hydrogen) atoms. The Hall–Kier alpha value is -0.870. The van der Waals surface area contributed by atoms with Crippen molar-refractivity contribution < 1.29 is 14.6 Å². The van der Waals surface area contributed by atoms with Gasteiger partial charge in [-0.05, 0) is 36.3 Å². The summed E-state index contributed by atoms with van der Waals surface area (Å²) in [5.41, 5.74) is 0.479. The Balaban J connectivity index is 2.42. The molecule has 2 rings (SSSR count). The van der Waals surface area contributed by atoms with E-state index in [1.54, 1.807) is 11.3 Å². The largest absolute Gasteiger partial charge is 0.481 e. The third-order valence-electron chi connectivity index (χ3n) is 3.32. The second-order valence-electron chi connectivity index (χ2n) is 4.13. The van der Waals surface area contributed by atoms with E-state index in [2.05, 4.69) is 6.92 Å². The van der Waals surface area contributed by atoms with Crippen molar-refractivity contribution in [2.75, 3.05) is 13.2 Å². The van der Waals surface area contributed by atoms with Gasteiger partial charge < -0.3 is 9.84 Å². The van der Waals surface area contributed by atoms with Crippen LogP contribution in [0.2, 0.25) is 0 Å². The van der Waals surface area contributed by atoms with Crippen LogP contribution in [0.1, 0.15) is 30.2 Å². The Bertz CT molecular complexity index is 377. The van der Waals surface area contributed by atoms with E-state index in [1.165, 1.54) is 5.56 Å². The first kappa shape index (κ1) is 11.6. The van der Waals surface area contributed by atoms with Crippen molar-refractivity contribution in [3.8, 4) is 0 Å². The summed E-state index contributed by atoms with van der Waals surface area (Å²) in [6.45, 7) is 3.17. The van der Waals surface area contributed by atoms with Crippen LogP contribution in [0.3, 0.4) is 0 Å². The van der Waals surface area contributed by atoms with Crippen molar-refractivity contribution in [1.82, 2.24) is 0 Å². The standard InChI is InChI=1S/C12H16O3S/c1-2-9-3-8-16-10(9)12(11(13)14)4-6-15-7-5-12/h3,8H,2,4-7H2,1H3,(H,13,14). The smallest absolute Gasteiger partial charge is 0.315 e. The molecule has 1 saturated heterocycles. The Kier molecular flexibility index (Phi) is 3.30. The first-order valence-electron chi connectivity index (χ1n) is 5.58. The molecule has 0 saturated carbocycles. The van der Waals surface area contributed by atoms with Gasteiger partial charge in [0.15, 0.2) is 0 Å². The zero-order chi connectivity index (χ0) is 11.6. The van der Waals surface area contributed by atoms with Crippen LogP contribution in [0, 0.1) is 0 Å². The highest BCUT2D eigenvalue weighted by Crippen LogP contribution is 2.40. The minimum absolute atomic E-state index is 0.549. The fraction of sp³-hybridized carbons (Fsp3) is 0.583. The molecular formula is C12H16O3S. The maximum atomic E-state index is 11.6. The van der Waals surface area contributed by atoms with E-state index in [0.29, 0.717) is 26.1 Å². The SMILES string of the molecule is CCc1ccsc1C1(C(=O)O)CCOCC1. The molecule has 1 aliphatic rings. The average Bonchev–Trinajstić information content (AvgIpc) is 2.78. The van der Waals surface area contributed by atoms with Gasteiger partial charge in [-0.15, -0.1) is 11.3 Å². The van der Waals surface area contributed by atoms with Crippen molar-refractivity contribution in [3.05, 3.63) is 21.9 Å². The summed E-state index contributed by atoms with van der Waals surface area (Å²) in [6, 6.07) is 2.04. The molecule has 4 heteroatoms. The van der Waals surface area contributed by atoms with Gasteiger partial charge in [0.05, 0.1) is 0 Å². The number of carboxylic acid groups (broad SMARTS) is 1. The predicted molar refractivity (Wildman–Crippen MR) is 63.1 cm³/mol. The first-order valence-corrected chi connectivity index (χ1v) is 6.46. The second kappa shape index (κ2) is 4.55. The van der Waals surface area contributed by atoms with E-state index in [0.717, 1.165) is 11.3 Å². The fourth-order valence-corrected chi connectivity index (χ4v) is 3.54. The van der Waals surface area contributed by atoms with Crippen LogP contribution in [0.25, 0.3) is 0 Å². The summed E-state index contributed by atoms with van der Waals surface area (Å²) in [7, 11) is 0. The number of thiophene rings is 1. The molecule has 1 aliphatic heterocycles. The normalized spacial score (nSPS) is 19.6. The summed E-state index contributed by atoms with van der Waals surface area (Å²) >= 11 is 1.57. The molecule has 1 fully saturated rings. The predicted octanol–water partition coefficient (Wildman–Crippen LogP) is 2.44. The summed E-state index contributed by atoms with van der Waals surface area (Å²) in [6.07, 6.45) is 2.08. The summed E-state index contributed by atoms with van der Waals surface area (Å²) in [5.74, 6) is -0.701. The Labute approximate surface area is 99.1 Å². The molecular weight excluding hydrogens is 224 g/mol. The zero-order valence-corrected chi connectivity index (χ0v) is 10.2. The van der Waals surface area contributed by atoms with Gasteiger partial charge in [0.2, 0.25) is 0 Å². The molecule has 1 aromatic heterocycles. The number of ether oxygens (including phenoxy) is 1. The van der Waals surface area contributed by atoms with Crippen LogP contribution in [0.4, 0.5) is 0 Å². The van der Waals surface area contributed by atoms with Crippen LogP contribution >= 0.6 is 11.3 Å². The van der Waals surface area contributed by atoms with Crippen LogP contribution in [0.15, 0.2) is 11.4 Å². The second-order valence-corrected chi connectivity index (χ2v) is 5.04. The lowest BCUT2D eigenvalue weighted by atomic mass is 9.77. The molecule has 88 valence electrons. The van der Waals surface area contributed by atoms with E-state index in [1.807, 2.05) is 11.4 Å². The lowest BCUT2D eigenvalue weighted by molar-refractivity contribution is -0.147. The molecule has 0 spiro atoms. The van der Waals surface area contributed by atoms with Gasteiger partial charge in [0, 0.05) is 18.1 Å². The molecule has 0 aliphatic carbocycles. The number of aliphatic carboxylic acids is 1. The monoisotopic (exact) mass is 240 g/mol. The van der Waals surface area contributed by atoms with Crippen molar-refractivity contribution in [3.63, 3.8) is 0 Å². The van der Waals surface area contributed by atoms with Gasteiger partial charge >= 0.3 is 5.97 Å². The van der Waals surface area contributed by atoms with Gasteiger partial charge in [-0.1, -0.05) is 6.92 Å². The van der Waals surface area contributed by atoms with Crippen molar-refractivity contribution in [2.45, 2.75) is 31.6 Å². The lowest BCUT2D eigenvalue weighted by Crippen LogP contribution is -2.41. The molecule has 0 aromatic carbocycles. The summed E-state index contributed by atoms with van der Waals surface area (Å²) in [4.78, 5) is 12.6. The maximum absolute atomic E-state index is 11.6. The number of aryl methyl sites for hydroxylation is 1. The molecule has 0 atom stereocenters. The topological polar surface area (TPSA) is 46.5 Å². The van der Waals surface area contributed by atoms with E-state index in [4.69, 9.17) is 4.74 Å². The third kappa shape index (κ3) is 1.76. The van der Waals surface area contributed by atoms with Crippen LogP contribution in [-0.2, 0) is 21.4 Å². The minimum atomic E-state index is -0.701. The average molecular weight is 240 g/mol.